The van der Waals surface area contributed by atoms with Crippen LogP contribution in [0.2, 0.25) is 0 Å². The van der Waals surface area contributed by atoms with E-state index < -0.39 is 24.4 Å². The van der Waals surface area contributed by atoms with E-state index in [0.717, 1.165) is 10.5 Å². The molecule has 8 nitrogen and oxygen atoms in total. The molecular weight excluding hydrogens is 466 g/mol. The molecule has 3 rings (SSSR count). The van der Waals surface area contributed by atoms with Crippen molar-refractivity contribution >= 4 is 45.5 Å². The minimum absolute atomic E-state index is 0.0558. The number of carbonyl (C=O) groups is 3. The first-order chi connectivity index (χ1) is 14.8. The number of benzene rings is 2. The van der Waals surface area contributed by atoms with Crippen molar-refractivity contribution in [3.63, 3.8) is 0 Å². The summed E-state index contributed by atoms with van der Waals surface area (Å²) < 4.78 is 11.5. The number of rotatable bonds is 7. The van der Waals surface area contributed by atoms with Crippen molar-refractivity contribution < 1.29 is 23.9 Å². The van der Waals surface area contributed by atoms with Gasteiger partial charge < -0.3 is 20.1 Å². The SMILES string of the molecule is CCOc1cc(Br)c(C=C2NC(=O)N(CC(=O)Nc3cccc(C)c3)C2=O)cc1OC. The molecule has 1 heterocycles. The third-order valence-corrected chi connectivity index (χ3v) is 5.14. The van der Waals surface area contributed by atoms with Gasteiger partial charge in [-0.3, -0.25) is 9.59 Å². The molecule has 1 saturated heterocycles. The standard InChI is InChI=1S/C22H22BrN3O5/c1-4-31-19-11-16(23)14(10-18(19)30-3)9-17-21(28)26(22(29)25-17)12-20(27)24-15-7-5-6-13(2)8-15/h5-11H,4,12H2,1-3H3,(H,24,27)(H,25,29). The van der Waals surface area contributed by atoms with Crippen molar-refractivity contribution in [2.75, 3.05) is 25.6 Å². The Labute approximate surface area is 188 Å². The van der Waals surface area contributed by atoms with Crippen molar-refractivity contribution in [1.29, 1.82) is 0 Å². The summed E-state index contributed by atoms with van der Waals surface area (Å²) >= 11 is 3.44. The molecule has 1 fully saturated rings. The van der Waals surface area contributed by atoms with Gasteiger partial charge in [0.05, 0.1) is 13.7 Å². The second kappa shape index (κ2) is 9.65. The number of methoxy groups -OCH3 is 1. The molecule has 0 radical (unpaired) electrons. The lowest BCUT2D eigenvalue weighted by Gasteiger charge is -2.12. The zero-order chi connectivity index (χ0) is 22.5. The third-order valence-electron chi connectivity index (χ3n) is 4.45. The van der Waals surface area contributed by atoms with E-state index in [2.05, 4.69) is 26.6 Å². The Hall–Kier alpha value is -3.33. The van der Waals surface area contributed by atoms with Gasteiger partial charge in [-0.25, -0.2) is 9.69 Å². The number of amides is 4. The average Bonchev–Trinajstić information content (AvgIpc) is 2.97. The third kappa shape index (κ3) is 5.24. The van der Waals surface area contributed by atoms with Crippen LogP contribution >= 0.6 is 15.9 Å². The molecular formula is C22H22BrN3O5. The highest BCUT2D eigenvalue weighted by Gasteiger charge is 2.35. The summed E-state index contributed by atoms with van der Waals surface area (Å²) in [5.41, 5.74) is 2.24. The topological polar surface area (TPSA) is 97.0 Å². The second-order valence-corrected chi connectivity index (χ2v) is 7.61. The number of aryl methyl sites for hydroxylation is 1. The van der Waals surface area contributed by atoms with E-state index in [1.807, 2.05) is 26.0 Å². The first kappa shape index (κ1) is 22.4. The highest BCUT2D eigenvalue weighted by Crippen LogP contribution is 2.34. The highest BCUT2D eigenvalue weighted by molar-refractivity contribution is 9.10. The van der Waals surface area contributed by atoms with E-state index in [-0.39, 0.29) is 5.70 Å². The summed E-state index contributed by atoms with van der Waals surface area (Å²) in [6.07, 6.45) is 1.51. The van der Waals surface area contributed by atoms with Crippen LogP contribution in [0.15, 0.2) is 46.6 Å². The van der Waals surface area contributed by atoms with Gasteiger partial charge in [0.25, 0.3) is 5.91 Å². The molecule has 0 aromatic heterocycles. The van der Waals surface area contributed by atoms with E-state index in [0.29, 0.717) is 33.8 Å². The molecule has 0 unspecified atom stereocenters. The van der Waals surface area contributed by atoms with Gasteiger partial charge >= 0.3 is 6.03 Å². The Kier molecular flexibility index (Phi) is 6.96. The molecule has 0 aliphatic carbocycles. The molecule has 2 N–H and O–H groups in total. The molecule has 1 aliphatic rings. The van der Waals surface area contributed by atoms with Crippen LogP contribution in [-0.2, 0) is 9.59 Å². The summed E-state index contributed by atoms with van der Waals surface area (Å²) in [5, 5.41) is 5.20. The summed E-state index contributed by atoms with van der Waals surface area (Å²) in [6.45, 7) is 3.83. The zero-order valence-corrected chi connectivity index (χ0v) is 18.9. The van der Waals surface area contributed by atoms with E-state index in [4.69, 9.17) is 9.47 Å². The van der Waals surface area contributed by atoms with Crippen LogP contribution in [0.5, 0.6) is 11.5 Å². The number of halogens is 1. The molecule has 162 valence electrons. The van der Waals surface area contributed by atoms with Crippen LogP contribution < -0.4 is 20.1 Å². The lowest BCUT2D eigenvalue weighted by molar-refractivity contribution is -0.127. The Balaban J connectivity index is 1.76. The van der Waals surface area contributed by atoms with E-state index in [1.165, 1.54) is 13.2 Å². The quantitative estimate of drug-likeness (QED) is 0.458. The molecule has 0 bridgehead atoms. The van der Waals surface area contributed by atoms with Crippen LogP contribution in [0.3, 0.4) is 0 Å². The predicted octanol–water partition coefficient (Wildman–Crippen LogP) is 3.70. The predicted molar refractivity (Wildman–Crippen MR) is 120 cm³/mol. The summed E-state index contributed by atoms with van der Waals surface area (Å²) in [6, 6.07) is 9.99. The Morgan fingerprint density at radius 2 is 2.00 bits per heavy atom. The van der Waals surface area contributed by atoms with Crippen molar-refractivity contribution in [2.24, 2.45) is 0 Å². The van der Waals surface area contributed by atoms with Crippen molar-refractivity contribution in [1.82, 2.24) is 10.2 Å². The van der Waals surface area contributed by atoms with Crippen LogP contribution in [-0.4, -0.2) is 43.0 Å². The number of urea groups is 1. The van der Waals surface area contributed by atoms with Gasteiger partial charge in [-0.1, -0.05) is 28.1 Å². The smallest absolute Gasteiger partial charge is 0.329 e. The normalized spacial score (nSPS) is 14.6. The van der Waals surface area contributed by atoms with Crippen LogP contribution in [0.25, 0.3) is 6.08 Å². The Morgan fingerprint density at radius 3 is 2.68 bits per heavy atom. The molecule has 9 heteroatoms. The Bertz CT molecular complexity index is 1070. The maximum absolute atomic E-state index is 12.7. The van der Waals surface area contributed by atoms with Crippen LogP contribution in [0.1, 0.15) is 18.1 Å². The fourth-order valence-electron chi connectivity index (χ4n) is 3.03. The minimum Gasteiger partial charge on any atom is -0.493 e. The van der Waals surface area contributed by atoms with Gasteiger partial charge in [-0.05, 0) is 55.3 Å². The molecule has 31 heavy (non-hydrogen) atoms. The lowest BCUT2D eigenvalue weighted by atomic mass is 10.1. The monoisotopic (exact) mass is 487 g/mol. The molecule has 2 aromatic rings. The maximum atomic E-state index is 12.7. The minimum atomic E-state index is -0.662. The first-order valence-electron chi connectivity index (χ1n) is 9.53. The van der Waals surface area contributed by atoms with Gasteiger partial charge in [-0.2, -0.15) is 0 Å². The van der Waals surface area contributed by atoms with Crippen molar-refractivity contribution in [3.05, 3.63) is 57.7 Å². The van der Waals surface area contributed by atoms with Gasteiger partial charge in [-0.15, -0.1) is 0 Å². The molecule has 0 atom stereocenters. The number of nitrogens with zero attached hydrogens (tertiary/aromatic N) is 1. The lowest BCUT2D eigenvalue weighted by Crippen LogP contribution is -2.38. The van der Waals surface area contributed by atoms with Gasteiger partial charge in [0, 0.05) is 10.2 Å². The molecule has 1 aliphatic heterocycles. The van der Waals surface area contributed by atoms with E-state index in [1.54, 1.807) is 24.3 Å². The average molecular weight is 488 g/mol. The summed E-state index contributed by atoms with van der Waals surface area (Å²) in [4.78, 5) is 38.2. The first-order valence-corrected chi connectivity index (χ1v) is 10.3. The van der Waals surface area contributed by atoms with Gasteiger partial charge in [0.1, 0.15) is 12.2 Å². The second-order valence-electron chi connectivity index (χ2n) is 6.75. The molecule has 0 spiro atoms. The molecule has 4 amide bonds. The largest absolute Gasteiger partial charge is 0.493 e. The van der Waals surface area contributed by atoms with Crippen molar-refractivity contribution in [3.8, 4) is 11.5 Å². The molecule has 0 saturated carbocycles. The maximum Gasteiger partial charge on any atom is 0.329 e. The summed E-state index contributed by atoms with van der Waals surface area (Å²) in [7, 11) is 1.51. The number of carbonyl (C=O) groups excluding carboxylic acids is 3. The number of anilines is 1. The fourth-order valence-corrected chi connectivity index (χ4v) is 3.46. The fraction of sp³-hybridized carbons (Fsp3) is 0.227. The van der Waals surface area contributed by atoms with E-state index in [9.17, 15) is 14.4 Å². The number of imide groups is 1. The Morgan fingerprint density at radius 1 is 1.23 bits per heavy atom. The van der Waals surface area contributed by atoms with Gasteiger partial charge in [0.2, 0.25) is 5.91 Å². The number of hydrogen-bond acceptors (Lipinski definition) is 5. The van der Waals surface area contributed by atoms with Crippen LogP contribution in [0, 0.1) is 6.92 Å². The molecule has 2 aromatic carbocycles. The highest BCUT2D eigenvalue weighted by atomic mass is 79.9. The zero-order valence-electron chi connectivity index (χ0n) is 17.3. The van der Waals surface area contributed by atoms with Gasteiger partial charge in [0.15, 0.2) is 11.5 Å². The number of ether oxygens (including phenoxy) is 2. The van der Waals surface area contributed by atoms with E-state index >= 15 is 0 Å². The number of hydrogen-bond donors (Lipinski definition) is 2. The van der Waals surface area contributed by atoms with Crippen molar-refractivity contribution in [2.45, 2.75) is 13.8 Å². The number of nitrogens with one attached hydrogen (secondary N) is 2. The van der Waals surface area contributed by atoms with Crippen LogP contribution in [0.4, 0.5) is 10.5 Å². The summed E-state index contributed by atoms with van der Waals surface area (Å²) in [5.74, 6) is -0.0262.